The Morgan fingerprint density at radius 3 is 2.41 bits per heavy atom. The first-order valence-electron chi connectivity index (χ1n) is 12.7. The number of ether oxygens (including phenoxy) is 1. The van der Waals surface area contributed by atoms with E-state index in [-0.39, 0.29) is 6.54 Å². The highest BCUT2D eigenvalue weighted by atomic mass is 32.2. The zero-order valence-corrected chi connectivity index (χ0v) is 22.9. The van der Waals surface area contributed by atoms with E-state index in [0.717, 1.165) is 55.6 Å². The second-order valence-corrected chi connectivity index (χ2v) is 10.5. The van der Waals surface area contributed by atoms with Crippen LogP contribution in [0.4, 0.5) is 10.5 Å². The molecule has 1 fully saturated rings. The molecule has 0 atom stereocenters. The van der Waals surface area contributed by atoms with Crippen LogP contribution in [0.3, 0.4) is 0 Å². The van der Waals surface area contributed by atoms with Crippen LogP contribution in [0, 0.1) is 20.8 Å². The molecule has 1 aliphatic heterocycles. The number of imide groups is 1. The van der Waals surface area contributed by atoms with Crippen molar-refractivity contribution in [1.29, 1.82) is 0 Å². The highest BCUT2D eigenvalue weighted by Crippen LogP contribution is 2.34. The summed E-state index contributed by atoms with van der Waals surface area (Å²) < 4.78 is 7.94. The van der Waals surface area contributed by atoms with Crippen molar-refractivity contribution >= 4 is 51.5 Å². The third-order valence-electron chi connectivity index (χ3n) is 6.57. The summed E-state index contributed by atoms with van der Waals surface area (Å²) in [4.78, 5) is 40.0. The van der Waals surface area contributed by atoms with Crippen LogP contribution in [-0.2, 0) is 16.1 Å². The quantitative estimate of drug-likeness (QED) is 0.265. The Morgan fingerprint density at radius 1 is 0.974 bits per heavy atom. The van der Waals surface area contributed by atoms with E-state index < -0.39 is 17.1 Å². The first-order chi connectivity index (χ1) is 18.8. The fraction of sp³-hybridized carbons (Fsp3) is 0.194. The fourth-order valence-corrected chi connectivity index (χ4v) is 5.66. The summed E-state index contributed by atoms with van der Waals surface area (Å²) in [7, 11) is 0. The minimum atomic E-state index is -0.471. The van der Waals surface area contributed by atoms with Crippen molar-refractivity contribution in [2.75, 3.05) is 18.5 Å². The number of anilines is 1. The van der Waals surface area contributed by atoms with Gasteiger partial charge in [0, 0.05) is 28.4 Å². The standard InChI is InChI=1S/C31H29N3O4S/c1-20-15-21(2)29(22(3)16-20)32-28(35)19-34-30(36)27(39-31(34)37)17-23-18-33(26-12-8-7-11-25(23)26)13-14-38-24-9-5-4-6-10-24/h4-12,15-18H,13-14,19H2,1-3H3,(H,32,35)/b27-17-. The molecule has 7 nitrogen and oxygen atoms in total. The van der Waals surface area contributed by atoms with Gasteiger partial charge in [-0.3, -0.25) is 19.3 Å². The molecule has 0 unspecified atom stereocenters. The molecule has 1 aliphatic rings. The number of carbonyl (C=O) groups is 3. The third-order valence-corrected chi connectivity index (χ3v) is 7.47. The second-order valence-electron chi connectivity index (χ2n) is 9.55. The molecule has 0 saturated carbocycles. The van der Waals surface area contributed by atoms with Gasteiger partial charge < -0.3 is 14.6 Å². The summed E-state index contributed by atoms with van der Waals surface area (Å²) in [5.41, 5.74) is 5.50. The molecule has 198 valence electrons. The smallest absolute Gasteiger partial charge is 0.294 e. The van der Waals surface area contributed by atoms with E-state index in [4.69, 9.17) is 4.74 Å². The molecule has 1 aromatic heterocycles. The number of amides is 3. The first kappa shape index (κ1) is 26.3. The lowest BCUT2D eigenvalue weighted by atomic mass is 10.1. The first-order valence-corrected chi connectivity index (χ1v) is 13.5. The number of rotatable bonds is 8. The Kier molecular flexibility index (Phi) is 7.56. The molecule has 1 saturated heterocycles. The Morgan fingerprint density at radius 2 is 1.67 bits per heavy atom. The molecule has 0 aliphatic carbocycles. The number of thioether (sulfide) groups is 1. The Hall–Kier alpha value is -4.30. The Labute approximate surface area is 231 Å². The second kappa shape index (κ2) is 11.2. The summed E-state index contributed by atoms with van der Waals surface area (Å²) in [6.45, 7) is 6.59. The van der Waals surface area contributed by atoms with Crippen LogP contribution in [-0.4, -0.2) is 39.7 Å². The number of hydrogen-bond acceptors (Lipinski definition) is 5. The molecule has 1 N–H and O–H groups in total. The molecule has 8 heteroatoms. The number of nitrogens with one attached hydrogen (secondary N) is 1. The maximum absolute atomic E-state index is 13.2. The molecule has 0 bridgehead atoms. The average molecular weight is 540 g/mol. The summed E-state index contributed by atoms with van der Waals surface area (Å²) in [5.74, 6) is -0.0787. The molecule has 3 amide bonds. The highest BCUT2D eigenvalue weighted by Gasteiger charge is 2.36. The van der Waals surface area contributed by atoms with Gasteiger partial charge in [0.1, 0.15) is 18.9 Å². The van der Waals surface area contributed by atoms with Gasteiger partial charge in [0.05, 0.1) is 11.4 Å². The van der Waals surface area contributed by atoms with Crippen LogP contribution >= 0.6 is 11.8 Å². The maximum Gasteiger partial charge on any atom is 0.294 e. The lowest BCUT2D eigenvalue weighted by Crippen LogP contribution is -2.36. The van der Waals surface area contributed by atoms with Gasteiger partial charge in [-0.2, -0.15) is 0 Å². The predicted octanol–water partition coefficient (Wildman–Crippen LogP) is 6.32. The van der Waals surface area contributed by atoms with Crippen molar-refractivity contribution in [3.8, 4) is 5.75 Å². The van der Waals surface area contributed by atoms with E-state index in [1.54, 1.807) is 6.08 Å². The van der Waals surface area contributed by atoms with Gasteiger partial charge in [0.15, 0.2) is 0 Å². The van der Waals surface area contributed by atoms with E-state index >= 15 is 0 Å². The predicted molar refractivity (Wildman–Crippen MR) is 156 cm³/mol. The van der Waals surface area contributed by atoms with Crippen LogP contribution in [0.2, 0.25) is 0 Å². The van der Waals surface area contributed by atoms with Gasteiger partial charge in [-0.1, -0.05) is 54.1 Å². The van der Waals surface area contributed by atoms with E-state index in [0.29, 0.717) is 23.7 Å². The molecule has 0 spiro atoms. The summed E-state index contributed by atoms with van der Waals surface area (Å²) in [5, 5.41) is 3.37. The molecule has 0 radical (unpaired) electrons. The van der Waals surface area contributed by atoms with Crippen molar-refractivity contribution in [2.24, 2.45) is 0 Å². The highest BCUT2D eigenvalue weighted by molar-refractivity contribution is 8.18. The van der Waals surface area contributed by atoms with E-state index in [2.05, 4.69) is 9.88 Å². The van der Waals surface area contributed by atoms with Gasteiger partial charge in [-0.05, 0) is 67.9 Å². The number of carbonyl (C=O) groups excluding carboxylic acids is 3. The number of nitrogens with zero attached hydrogens (tertiary/aromatic N) is 2. The van der Waals surface area contributed by atoms with E-state index in [9.17, 15) is 14.4 Å². The molecule has 3 aromatic carbocycles. The van der Waals surface area contributed by atoms with Crippen molar-refractivity contribution in [3.05, 3.63) is 100 Å². The van der Waals surface area contributed by atoms with Crippen LogP contribution in [0.15, 0.2) is 77.8 Å². The minimum absolute atomic E-state index is 0.291. The summed E-state index contributed by atoms with van der Waals surface area (Å²) >= 11 is 0.851. The molecular weight excluding hydrogens is 510 g/mol. The zero-order chi connectivity index (χ0) is 27.5. The van der Waals surface area contributed by atoms with Gasteiger partial charge in [-0.15, -0.1) is 0 Å². The topological polar surface area (TPSA) is 80.6 Å². The number of benzene rings is 3. The lowest BCUT2D eigenvalue weighted by Gasteiger charge is -2.15. The number of para-hydroxylation sites is 2. The number of hydrogen-bond donors (Lipinski definition) is 1. The zero-order valence-electron chi connectivity index (χ0n) is 22.1. The van der Waals surface area contributed by atoms with Gasteiger partial charge in [-0.25, -0.2) is 0 Å². The van der Waals surface area contributed by atoms with Crippen molar-refractivity contribution in [1.82, 2.24) is 9.47 Å². The van der Waals surface area contributed by atoms with Crippen LogP contribution in [0.25, 0.3) is 17.0 Å². The summed E-state index contributed by atoms with van der Waals surface area (Å²) in [6, 6.07) is 21.5. The van der Waals surface area contributed by atoms with Crippen LogP contribution < -0.4 is 10.1 Å². The normalized spacial score (nSPS) is 14.4. The number of aryl methyl sites for hydroxylation is 3. The average Bonchev–Trinajstić information content (AvgIpc) is 3.39. The number of aromatic nitrogens is 1. The van der Waals surface area contributed by atoms with Gasteiger partial charge in [0.25, 0.3) is 11.1 Å². The Balaban J connectivity index is 1.31. The van der Waals surface area contributed by atoms with E-state index in [1.165, 1.54) is 0 Å². The van der Waals surface area contributed by atoms with Crippen molar-refractivity contribution < 1.29 is 19.1 Å². The summed E-state index contributed by atoms with van der Waals surface area (Å²) in [6.07, 6.45) is 3.69. The fourth-order valence-electron chi connectivity index (χ4n) is 4.83. The largest absolute Gasteiger partial charge is 0.492 e. The van der Waals surface area contributed by atoms with Crippen LogP contribution in [0.5, 0.6) is 5.75 Å². The number of fused-ring (bicyclic) bond motifs is 1. The SMILES string of the molecule is Cc1cc(C)c(NC(=O)CN2C(=O)S/C(=C\c3cn(CCOc4ccccc4)c4ccccc34)C2=O)c(C)c1. The minimum Gasteiger partial charge on any atom is -0.492 e. The molecular formula is C31H29N3O4S. The molecule has 4 aromatic rings. The van der Waals surface area contributed by atoms with Crippen molar-refractivity contribution in [3.63, 3.8) is 0 Å². The maximum atomic E-state index is 13.2. The van der Waals surface area contributed by atoms with Crippen LogP contribution in [0.1, 0.15) is 22.3 Å². The molecule has 39 heavy (non-hydrogen) atoms. The molecule has 2 heterocycles. The molecule has 5 rings (SSSR count). The third kappa shape index (κ3) is 5.76. The Bertz CT molecular complexity index is 1580. The monoisotopic (exact) mass is 539 g/mol. The van der Waals surface area contributed by atoms with Gasteiger partial charge >= 0.3 is 0 Å². The lowest BCUT2D eigenvalue weighted by molar-refractivity contribution is -0.127. The van der Waals surface area contributed by atoms with Gasteiger partial charge in [0.2, 0.25) is 5.91 Å². The van der Waals surface area contributed by atoms with Crippen molar-refractivity contribution in [2.45, 2.75) is 27.3 Å². The van der Waals surface area contributed by atoms with E-state index in [1.807, 2.05) is 93.7 Å².